The first kappa shape index (κ1) is 21.7. The highest BCUT2D eigenvalue weighted by molar-refractivity contribution is 9.11. The highest BCUT2D eigenvalue weighted by Gasteiger charge is 2.26. The predicted molar refractivity (Wildman–Crippen MR) is 166 cm³/mol. The number of hydrogen-bond donors (Lipinski definition) is 0. The van der Waals surface area contributed by atoms with Crippen LogP contribution in [0.15, 0.2) is 88.1 Å². The van der Waals surface area contributed by atoms with Crippen LogP contribution in [0.1, 0.15) is 0 Å². The Labute approximate surface area is 236 Å². The van der Waals surface area contributed by atoms with Crippen molar-refractivity contribution >= 4 is 139 Å². The van der Waals surface area contributed by atoms with E-state index >= 15 is 0 Å². The van der Waals surface area contributed by atoms with Crippen LogP contribution < -0.4 is 10.9 Å². The van der Waals surface area contributed by atoms with Gasteiger partial charge in [-0.2, -0.15) is 0 Å². The van der Waals surface area contributed by atoms with Crippen molar-refractivity contribution < 1.29 is 0 Å². The summed E-state index contributed by atoms with van der Waals surface area (Å²) in [5.74, 6) is 0. The molecule has 0 aliphatic heterocycles. The Morgan fingerprint density at radius 3 is 1.83 bits per heavy atom. The molecule has 0 heterocycles. The van der Waals surface area contributed by atoms with E-state index in [1.807, 2.05) is 54.6 Å². The van der Waals surface area contributed by atoms with Crippen molar-refractivity contribution in [3.8, 4) is 0 Å². The highest BCUT2D eigenvalue weighted by atomic mass is 79.9. The standard InChI is InChI=1S/C30H10Br4O2/c31-18-7-3-6-13-22(18)27-24-17(30(13)36)9-19(32)15-8-14-11-4-1-2-5-12(11)29(35)16-10-20(33)25(28(27)34)26(21(14)16)23(15)24/h1-10H. The van der Waals surface area contributed by atoms with Gasteiger partial charge in [0.25, 0.3) is 0 Å². The third kappa shape index (κ3) is 2.42. The summed E-state index contributed by atoms with van der Waals surface area (Å²) in [6.45, 7) is 0. The van der Waals surface area contributed by atoms with Crippen LogP contribution in [0.4, 0.5) is 0 Å². The minimum Gasteiger partial charge on any atom is -0.289 e. The topological polar surface area (TPSA) is 34.1 Å². The summed E-state index contributed by atoms with van der Waals surface area (Å²) < 4.78 is 3.48. The van der Waals surface area contributed by atoms with E-state index in [2.05, 4.69) is 69.8 Å². The average molecular weight is 722 g/mol. The first-order chi connectivity index (χ1) is 17.4. The lowest BCUT2D eigenvalue weighted by Crippen LogP contribution is -2.07. The fourth-order valence-corrected chi connectivity index (χ4v) is 8.96. The molecule has 0 fully saturated rings. The van der Waals surface area contributed by atoms with E-state index in [1.165, 1.54) is 0 Å². The van der Waals surface area contributed by atoms with Crippen molar-refractivity contribution in [2.75, 3.05) is 0 Å². The molecule has 2 nitrogen and oxygen atoms in total. The number of benzene rings is 8. The Kier molecular flexibility index (Phi) is 4.30. The molecule has 0 aliphatic rings. The summed E-state index contributed by atoms with van der Waals surface area (Å²) in [7, 11) is 0. The molecule has 0 atom stereocenters. The molecule has 0 amide bonds. The van der Waals surface area contributed by atoms with Crippen LogP contribution in [-0.2, 0) is 0 Å². The lowest BCUT2D eigenvalue weighted by atomic mass is 9.84. The Balaban J connectivity index is 1.88. The molecule has 8 aromatic carbocycles. The lowest BCUT2D eigenvalue weighted by Gasteiger charge is -2.22. The molecule has 0 radical (unpaired) electrons. The molecule has 0 aliphatic carbocycles. The first-order valence-corrected chi connectivity index (χ1v) is 14.4. The highest BCUT2D eigenvalue weighted by Crippen LogP contribution is 2.52. The Morgan fingerprint density at radius 1 is 0.389 bits per heavy atom. The van der Waals surface area contributed by atoms with Gasteiger partial charge >= 0.3 is 0 Å². The zero-order valence-corrected chi connectivity index (χ0v) is 24.4. The van der Waals surface area contributed by atoms with E-state index in [-0.39, 0.29) is 10.9 Å². The smallest absolute Gasteiger partial charge is 0.194 e. The van der Waals surface area contributed by atoms with Crippen LogP contribution in [0, 0.1) is 0 Å². The lowest BCUT2D eigenvalue weighted by molar-refractivity contribution is 1.68. The van der Waals surface area contributed by atoms with E-state index in [4.69, 9.17) is 0 Å². The maximum absolute atomic E-state index is 13.8. The van der Waals surface area contributed by atoms with Crippen LogP contribution in [0.2, 0.25) is 0 Å². The molecule has 0 N–H and O–H groups in total. The molecule has 0 saturated heterocycles. The maximum Gasteiger partial charge on any atom is 0.194 e. The zero-order valence-electron chi connectivity index (χ0n) is 18.1. The second-order valence-corrected chi connectivity index (χ2v) is 12.6. The fraction of sp³-hybridized carbons (Fsp3) is 0. The number of rotatable bonds is 0. The van der Waals surface area contributed by atoms with Gasteiger partial charge in [-0.3, -0.25) is 9.59 Å². The third-order valence-corrected chi connectivity index (χ3v) is 10.3. The van der Waals surface area contributed by atoms with Gasteiger partial charge in [-0.1, -0.05) is 84.2 Å². The summed E-state index contributed by atoms with van der Waals surface area (Å²) in [5, 5.41) is 12.4. The molecule has 0 aromatic heterocycles. The van der Waals surface area contributed by atoms with Gasteiger partial charge in [-0.05, 0) is 56.4 Å². The monoisotopic (exact) mass is 718 g/mol. The van der Waals surface area contributed by atoms with E-state index in [0.717, 1.165) is 71.8 Å². The van der Waals surface area contributed by atoms with Crippen molar-refractivity contribution in [2.24, 2.45) is 0 Å². The summed E-state index contributed by atoms with van der Waals surface area (Å²) in [4.78, 5) is 27.5. The van der Waals surface area contributed by atoms with Crippen LogP contribution in [0.3, 0.4) is 0 Å². The van der Waals surface area contributed by atoms with Gasteiger partial charge in [-0.25, -0.2) is 0 Å². The summed E-state index contributed by atoms with van der Waals surface area (Å²) in [6.07, 6.45) is 0. The molecule has 0 spiro atoms. The molecular formula is C30H10Br4O2. The minimum absolute atomic E-state index is 0.00244. The molecular weight excluding hydrogens is 712 g/mol. The van der Waals surface area contributed by atoms with Gasteiger partial charge in [0, 0.05) is 77.1 Å². The molecule has 0 unspecified atom stereocenters. The van der Waals surface area contributed by atoms with Crippen LogP contribution in [-0.4, -0.2) is 0 Å². The van der Waals surface area contributed by atoms with Crippen molar-refractivity contribution in [1.82, 2.24) is 0 Å². The molecule has 0 bridgehead atoms. The van der Waals surface area contributed by atoms with Gasteiger partial charge in [-0.15, -0.1) is 0 Å². The minimum atomic E-state index is -0.00244. The van der Waals surface area contributed by atoms with E-state index in [1.54, 1.807) is 0 Å². The molecule has 170 valence electrons. The molecule has 8 aromatic rings. The third-order valence-electron chi connectivity index (χ3n) is 7.55. The normalized spacial score (nSPS) is 12.7. The van der Waals surface area contributed by atoms with Crippen molar-refractivity contribution in [2.45, 2.75) is 0 Å². The summed E-state index contributed by atoms with van der Waals surface area (Å²) in [6, 6.07) is 19.6. The van der Waals surface area contributed by atoms with Crippen LogP contribution in [0.25, 0.3) is 75.4 Å². The second-order valence-electron chi connectivity index (χ2n) is 9.21. The number of hydrogen-bond acceptors (Lipinski definition) is 2. The summed E-state index contributed by atoms with van der Waals surface area (Å²) in [5.41, 5.74) is 0.0148. The van der Waals surface area contributed by atoms with Gasteiger partial charge < -0.3 is 0 Å². The molecule has 6 heteroatoms. The van der Waals surface area contributed by atoms with Crippen LogP contribution in [0.5, 0.6) is 0 Å². The first-order valence-electron chi connectivity index (χ1n) is 11.2. The summed E-state index contributed by atoms with van der Waals surface area (Å²) >= 11 is 15.3. The van der Waals surface area contributed by atoms with Gasteiger partial charge in [0.05, 0.1) is 0 Å². The van der Waals surface area contributed by atoms with Crippen molar-refractivity contribution in [3.05, 3.63) is 99.0 Å². The average Bonchev–Trinajstić information content (AvgIpc) is 2.87. The maximum atomic E-state index is 13.8. The van der Waals surface area contributed by atoms with Crippen molar-refractivity contribution in [1.29, 1.82) is 0 Å². The van der Waals surface area contributed by atoms with Gasteiger partial charge in [0.1, 0.15) is 0 Å². The molecule has 36 heavy (non-hydrogen) atoms. The largest absolute Gasteiger partial charge is 0.289 e. The van der Waals surface area contributed by atoms with Gasteiger partial charge in [0.2, 0.25) is 0 Å². The molecule has 8 rings (SSSR count). The number of fused-ring (bicyclic) bond motifs is 4. The van der Waals surface area contributed by atoms with E-state index in [0.29, 0.717) is 21.5 Å². The SMILES string of the molecule is O=c1c2ccccc2c2cc3c(Br)cc4c(=O)c5cccc(Br)c5c5c(Br)c6c(Br)cc1c2c6c3c45. The van der Waals surface area contributed by atoms with E-state index < -0.39 is 0 Å². The molecule has 0 saturated carbocycles. The van der Waals surface area contributed by atoms with Gasteiger partial charge in [0.15, 0.2) is 10.9 Å². The second kappa shape index (κ2) is 7.13. The van der Waals surface area contributed by atoms with Crippen molar-refractivity contribution in [3.63, 3.8) is 0 Å². The predicted octanol–water partition coefficient (Wildman–Crippen LogP) is 9.84. The zero-order chi connectivity index (χ0) is 24.6. The van der Waals surface area contributed by atoms with E-state index in [9.17, 15) is 9.59 Å². The quantitative estimate of drug-likeness (QED) is 0.115. The fourth-order valence-electron chi connectivity index (χ4n) is 6.15. The number of halogens is 4. The Bertz CT molecular complexity index is 2400. The Morgan fingerprint density at radius 2 is 1.03 bits per heavy atom. The Hall–Kier alpha value is -2.38. The van der Waals surface area contributed by atoms with Crippen LogP contribution >= 0.6 is 63.7 Å².